The van der Waals surface area contributed by atoms with Crippen molar-refractivity contribution in [2.24, 2.45) is 5.92 Å². The molecule has 10 nitrogen and oxygen atoms in total. The number of likely N-dealkylation sites (tertiary alicyclic amines) is 1. The van der Waals surface area contributed by atoms with E-state index in [2.05, 4.69) is 0 Å². The van der Waals surface area contributed by atoms with Crippen LogP contribution in [0.3, 0.4) is 0 Å². The summed E-state index contributed by atoms with van der Waals surface area (Å²) in [6.45, 7) is 1.06. The average molecular weight is 515 g/mol. The van der Waals surface area contributed by atoms with Crippen LogP contribution in [0.5, 0.6) is 5.75 Å². The van der Waals surface area contributed by atoms with Gasteiger partial charge in [-0.25, -0.2) is 4.79 Å². The summed E-state index contributed by atoms with van der Waals surface area (Å²) < 4.78 is 12.7. The molecule has 4 aromatic rings. The van der Waals surface area contributed by atoms with Gasteiger partial charge in [0.2, 0.25) is 0 Å². The molecular weight excluding hydrogens is 490 g/mol. The van der Waals surface area contributed by atoms with Crippen molar-refractivity contribution in [3.63, 3.8) is 0 Å². The van der Waals surface area contributed by atoms with E-state index in [-0.39, 0.29) is 30.0 Å². The Morgan fingerprint density at radius 3 is 2.66 bits per heavy atom. The summed E-state index contributed by atoms with van der Waals surface area (Å²) in [7, 11) is 0. The minimum Gasteiger partial charge on any atom is -0.733 e. The van der Waals surface area contributed by atoms with Gasteiger partial charge in [-0.1, -0.05) is 30.3 Å². The lowest BCUT2D eigenvalue weighted by Crippen LogP contribution is -2.50. The Kier molecular flexibility index (Phi) is 5.97. The van der Waals surface area contributed by atoms with E-state index in [9.17, 15) is 24.8 Å². The number of nitrogens with zero attached hydrogens (tertiary/aromatic N) is 3. The van der Waals surface area contributed by atoms with Gasteiger partial charge in [0.05, 0.1) is 0 Å². The van der Waals surface area contributed by atoms with Crippen LogP contribution in [-0.2, 0) is 11.3 Å². The normalized spacial score (nSPS) is 18.2. The molecule has 38 heavy (non-hydrogen) atoms. The molecule has 0 spiro atoms. The van der Waals surface area contributed by atoms with Crippen LogP contribution >= 0.6 is 0 Å². The van der Waals surface area contributed by atoms with Gasteiger partial charge in [0.15, 0.2) is 6.61 Å². The zero-order valence-electron chi connectivity index (χ0n) is 20.3. The molecule has 2 aromatic carbocycles. The number of benzene rings is 2. The van der Waals surface area contributed by atoms with E-state index in [0.29, 0.717) is 31.0 Å². The van der Waals surface area contributed by atoms with Crippen molar-refractivity contribution >= 4 is 22.6 Å². The lowest BCUT2D eigenvalue weighted by molar-refractivity contribution is -0.136. The highest BCUT2D eigenvalue weighted by atomic mass is 16.8. The molecule has 0 radical (unpaired) electrons. The number of pyridine rings is 1. The highest BCUT2D eigenvalue weighted by Crippen LogP contribution is 2.36. The van der Waals surface area contributed by atoms with Crippen LogP contribution < -0.4 is 21.1 Å². The largest absolute Gasteiger partial charge is 0.733 e. The Balaban J connectivity index is 1.17. The molecule has 0 saturated carbocycles. The van der Waals surface area contributed by atoms with Crippen molar-refractivity contribution in [3.05, 3.63) is 98.4 Å². The summed E-state index contributed by atoms with van der Waals surface area (Å²) in [5, 5.41) is 20.8. The smallest absolute Gasteiger partial charge is 0.336 e. The number of ether oxygens (including phenoxy) is 1. The topological polar surface area (TPSA) is 128 Å². The first kappa shape index (κ1) is 24.0. The average Bonchev–Trinajstić information content (AvgIpc) is 2.91. The van der Waals surface area contributed by atoms with Gasteiger partial charge in [-0.15, -0.1) is 0 Å². The number of amides is 1. The van der Waals surface area contributed by atoms with E-state index in [1.165, 1.54) is 16.7 Å². The molecule has 0 aliphatic carbocycles. The molecule has 6 rings (SSSR count). The van der Waals surface area contributed by atoms with Crippen LogP contribution in [0.1, 0.15) is 18.0 Å². The van der Waals surface area contributed by atoms with Crippen LogP contribution in [0.15, 0.2) is 80.7 Å². The third kappa shape index (κ3) is 4.33. The van der Waals surface area contributed by atoms with Gasteiger partial charge in [-0.05, 0) is 47.7 Å². The molecule has 2 bridgehead atoms. The van der Waals surface area contributed by atoms with Gasteiger partial charge in [0, 0.05) is 48.8 Å². The number of anilines is 1. The van der Waals surface area contributed by atoms with Gasteiger partial charge in [0.25, 0.3) is 11.5 Å². The lowest BCUT2D eigenvalue weighted by Gasteiger charge is -2.43. The number of piperidine rings is 1. The molecule has 2 aliphatic rings. The van der Waals surface area contributed by atoms with Crippen LogP contribution in [0, 0.1) is 11.1 Å². The molecule has 1 saturated heterocycles. The first-order valence-corrected chi connectivity index (χ1v) is 12.3. The maximum absolute atomic E-state index is 13.1. The lowest BCUT2D eigenvalue weighted by atomic mass is 9.83. The number of hydrogen-bond acceptors (Lipinski definition) is 8. The van der Waals surface area contributed by atoms with Gasteiger partial charge < -0.3 is 29.1 Å². The Labute approximate surface area is 216 Å². The first-order valence-electron chi connectivity index (χ1n) is 12.3. The molecule has 2 atom stereocenters. The Bertz CT molecular complexity index is 1640. The van der Waals surface area contributed by atoms with E-state index in [1.807, 2.05) is 36.4 Å². The number of carbonyl (C=O) groups is 1. The zero-order valence-corrected chi connectivity index (χ0v) is 20.3. The molecule has 2 aromatic heterocycles. The molecule has 1 N–H and O–H groups in total. The molecule has 4 heterocycles. The third-order valence-electron chi connectivity index (χ3n) is 7.31. The van der Waals surface area contributed by atoms with Gasteiger partial charge in [-0.2, -0.15) is 0 Å². The number of hydrogen-bond donors (Lipinski definition) is 1. The fourth-order valence-corrected chi connectivity index (χ4v) is 5.61. The van der Waals surface area contributed by atoms with Crippen molar-refractivity contribution in [2.45, 2.75) is 18.9 Å². The summed E-state index contributed by atoms with van der Waals surface area (Å²) in [5.74, 6) is 0.210. The van der Waals surface area contributed by atoms with Crippen LogP contribution in [0.4, 0.5) is 5.69 Å². The molecule has 2 aliphatic heterocycles. The summed E-state index contributed by atoms with van der Waals surface area (Å²) in [6.07, 6.45) is 0.830. The molecule has 1 amide bonds. The summed E-state index contributed by atoms with van der Waals surface area (Å²) >= 11 is 0. The minimum absolute atomic E-state index is 0.0447. The quantitative estimate of drug-likeness (QED) is 0.317. The summed E-state index contributed by atoms with van der Waals surface area (Å²) in [4.78, 5) is 39.6. The zero-order chi connectivity index (χ0) is 26.4. The second-order valence-electron chi connectivity index (χ2n) is 9.72. The molecule has 194 valence electrons. The number of fused-ring (bicyclic) bond motifs is 5. The SMILES string of the molecule is O=C(COc1ccc2c(-c3ccccc3)cc(=O)oc2c1)N1CC2CC(C1)c1ccc(N([O-])O)c(=O)n1C2. The maximum Gasteiger partial charge on any atom is 0.336 e. The monoisotopic (exact) mass is 514 g/mol. The molecule has 10 heteroatoms. The van der Waals surface area contributed by atoms with Crippen molar-refractivity contribution in [1.29, 1.82) is 0 Å². The second kappa shape index (κ2) is 9.47. The highest BCUT2D eigenvalue weighted by Gasteiger charge is 2.36. The van der Waals surface area contributed by atoms with Gasteiger partial charge >= 0.3 is 5.63 Å². The maximum atomic E-state index is 13.1. The van der Waals surface area contributed by atoms with E-state index < -0.39 is 16.4 Å². The van der Waals surface area contributed by atoms with Crippen molar-refractivity contribution in [2.75, 3.05) is 24.9 Å². The van der Waals surface area contributed by atoms with Crippen LogP contribution in [0.25, 0.3) is 22.1 Å². The van der Waals surface area contributed by atoms with E-state index in [0.717, 1.165) is 28.6 Å². The standard InChI is InChI=1S/C28H24N3O7/c32-26(29-13-17-10-19(15-29)23-8-9-24(31(35)36)28(34)30(23)14-17)16-37-20-6-7-21-22(18-4-2-1-3-5-18)12-27(33)38-25(21)11-20/h1-9,11-12,17,19,35H,10,13-16H2/q-1. The molecule has 2 unspecified atom stereocenters. The van der Waals surface area contributed by atoms with E-state index >= 15 is 0 Å². The Morgan fingerprint density at radius 1 is 1.05 bits per heavy atom. The van der Waals surface area contributed by atoms with E-state index in [1.54, 1.807) is 23.1 Å². The van der Waals surface area contributed by atoms with Crippen molar-refractivity contribution < 1.29 is 19.2 Å². The van der Waals surface area contributed by atoms with E-state index in [4.69, 9.17) is 9.15 Å². The molecule has 1 fully saturated rings. The number of aromatic nitrogens is 1. The minimum atomic E-state index is -0.531. The Morgan fingerprint density at radius 2 is 1.87 bits per heavy atom. The number of carbonyl (C=O) groups excluding carboxylic acids is 1. The second-order valence-corrected chi connectivity index (χ2v) is 9.72. The third-order valence-corrected chi connectivity index (χ3v) is 7.31. The summed E-state index contributed by atoms with van der Waals surface area (Å²) in [6, 6.07) is 19.1. The highest BCUT2D eigenvalue weighted by molar-refractivity contribution is 5.93. The predicted molar refractivity (Wildman–Crippen MR) is 139 cm³/mol. The summed E-state index contributed by atoms with van der Waals surface area (Å²) in [5.41, 5.74) is 1.44. The van der Waals surface area contributed by atoms with Crippen molar-refractivity contribution in [1.82, 2.24) is 9.47 Å². The van der Waals surface area contributed by atoms with Crippen molar-refractivity contribution in [3.8, 4) is 16.9 Å². The molecular formula is C28H24N3O7-. The van der Waals surface area contributed by atoms with Crippen LogP contribution in [0.2, 0.25) is 0 Å². The first-order chi connectivity index (χ1) is 18.4. The predicted octanol–water partition coefficient (Wildman–Crippen LogP) is 3.34. The fourth-order valence-electron chi connectivity index (χ4n) is 5.61. The van der Waals surface area contributed by atoms with Gasteiger partial charge in [0.1, 0.15) is 17.0 Å². The van der Waals surface area contributed by atoms with Crippen LogP contribution in [-0.4, -0.2) is 40.3 Å². The fraction of sp³-hybridized carbons (Fsp3) is 0.250. The Hall–Kier alpha value is -4.41. The number of rotatable bonds is 5. The van der Waals surface area contributed by atoms with Gasteiger partial charge in [-0.3, -0.25) is 14.8 Å².